The molecule has 0 atom stereocenters. The van der Waals surface area contributed by atoms with Crippen LogP contribution >= 0.6 is 0 Å². The highest BCUT2D eigenvalue weighted by Crippen LogP contribution is 2.38. The van der Waals surface area contributed by atoms with E-state index in [2.05, 4.69) is 10.4 Å². The predicted molar refractivity (Wildman–Crippen MR) is 82.6 cm³/mol. The van der Waals surface area contributed by atoms with Crippen molar-refractivity contribution in [3.05, 3.63) is 17.7 Å². The monoisotopic (exact) mass is 301 g/mol. The molecule has 1 amide bonds. The fourth-order valence-corrected chi connectivity index (χ4v) is 3.03. The molecule has 0 aliphatic carbocycles. The minimum absolute atomic E-state index is 0.152. The Labute approximate surface area is 129 Å². The van der Waals surface area contributed by atoms with Crippen molar-refractivity contribution in [3.8, 4) is 11.5 Å². The van der Waals surface area contributed by atoms with Crippen LogP contribution < -0.4 is 14.8 Å². The van der Waals surface area contributed by atoms with E-state index in [1.165, 1.54) is 6.42 Å². The van der Waals surface area contributed by atoms with Crippen LogP contribution in [0.15, 0.2) is 17.2 Å². The average molecular weight is 301 g/mol. The molecule has 0 spiro atoms. The summed E-state index contributed by atoms with van der Waals surface area (Å²) in [5, 5.41) is 9.44. The van der Waals surface area contributed by atoms with E-state index < -0.39 is 0 Å². The van der Waals surface area contributed by atoms with E-state index in [9.17, 15) is 4.79 Å². The van der Waals surface area contributed by atoms with Gasteiger partial charge in [-0.2, -0.15) is 5.10 Å². The molecule has 0 radical (unpaired) electrons. The molecule has 22 heavy (non-hydrogen) atoms. The highest BCUT2D eigenvalue weighted by Gasteiger charge is 2.30. The average Bonchev–Trinajstić information content (AvgIpc) is 2.71. The Morgan fingerprint density at radius 1 is 1.00 bits per heavy atom. The van der Waals surface area contributed by atoms with Gasteiger partial charge in [-0.25, -0.2) is 0 Å². The summed E-state index contributed by atoms with van der Waals surface area (Å²) in [5.74, 6) is 1.23. The third-order valence-corrected chi connectivity index (χ3v) is 4.18. The third-order valence-electron chi connectivity index (χ3n) is 4.18. The van der Waals surface area contributed by atoms with Crippen LogP contribution in [0.3, 0.4) is 0 Å². The van der Waals surface area contributed by atoms with E-state index in [-0.39, 0.29) is 5.91 Å². The van der Waals surface area contributed by atoms with E-state index >= 15 is 0 Å². The molecule has 1 aromatic rings. The number of hydrogen-bond acceptors (Lipinski definition) is 5. The number of fused-ring (bicyclic) bond motifs is 2. The van der Waals surface area contributed by atoms with Crippen molar-refractivity contribution in [2.24, 2.45) is 5.10 Å². The molecule has 1 fully saturated rings. The van der Waals surface area contributed by atoms with Crippen LogP contribution in [-0.4, -0.2) is 42.9 Å². The normalized spacial score (nSPS) is 22.3. The topological polar surface area (TPSA) is 63.2 Å². The maximum atomic E-state index is 12.2. The van der Waals surface area contributed by atoms with E-state index in [4.69, 9.17) is 9.47 Å². The Kier molecular flexibility index (Phi) is 3.36. The molecule has 3 aliphatic rings. The molecule has 0 bridgehead atoms. The van der Waals surface area contributed by atoms with Gasteiger partial charge in [-0.05, 0) is 25.3 Å². The summed E-state index contributed by atoms with van der Waals surface area (Å²) in [7, 11) is 0. The highest BCUT2D eigenvalue weighted by molar-refractivity contribution is 6.53. The molecule has 1 aromatic carbocycles. The number of ether oxygens (including phenoxy) is 2. The number of nitrogens with zero attached hydrogens (tertiary/aromatic N) is 2. The van der Waals surface area contributed by atoms with Gasteiger partial charge in [-0.15, -0.1) is 0 Å². The summed E-state index contributed by atoms with van der Waals surface area (Å²) in [4.78, 5) is 12.2. The first-order valence-electron chi connectivity index (χ1n) is 7.90. The summed E-state index contributed by atoms with van der Waals surface area (Å²) < 4.78 is 11.4. The van der Waals surface area contributed by atoms with Crippen LogP contribution in [0.25, 0.3) is 0 Å². The van der Waals surface area contributed by atoms with Crippen LogP contribution in [0, 0.1) is 0 Å². The summed E-state index contributed by atoms with van der Waals surface area (Å²) in [6.07, 6.45) is 4.36. The van der Waals surface area contributed by atoms with Crippen molar-refractivity contribution in [1.29, 1.82) is 0 Å². The minimum Gasteiger partial charge on any atom is -0.490 e. The third kappa shape index (κ3) is 2.38. The number of anilines is 1. The lowest BCUT2D eigenvalue weighted by atomic mass is 10.1. The lowest BCUT2D eigenvalue weighted by molar-refractivity contribution is -0.110. The molecule has 3 aliphatic heterocycles. The molecule has 116 valence electrons. The Hall–Kier alpha value is -2.24. The second-order valence-corrected chi connectivity index (χ2v) is 5.81. The van der Waals surface area contributed by atoms with Crippen LogP contribution in [-0.2, 0) is 4.79 Å². The zero-order chi connectivity index (χ0) is 14.9. The number of hydrazone groups is 1. The minimum atomic E-state index is -0.152. The zero-order valence-corrected chi connectivity index (χ0v) is 12.4. The second kappa shape index (κ2) is 5.51. The van der Waals surface area contributed by atoms with Gasteiger partial charge in [-0.1, -0.05) is 0 Å². The SMILES string of the molecule is O=C1Nc2cc3c(cc2C1=NN1CCCCC1)OCCCO3. The molecule has 1 saturated heterocycles. The van der Waals surface area contributed by atoms with E-state index in [1.807, 2.05) is 17.1 Å². The van der Waals surface area contributed by atoms with E-state index in [1.54, 1.807) is 0 Å². The molecule has 0 saturated carbocycles. The van der Waals surface area contributed by atoms with Crippen molar-refractivity contribution in [1.82, 2.24) is 5.01 Å². The summed E-state index contributed by atoms with van der Waals surface area (Å²) in [6, 6.07) is 3.71. The molecular weight excluding hydrogens is 282 g/mol. The smallest absolute Gasteiger partial charge is 0.276 e. The van der Waals surface area contributed by atoms with Crippen molar-refractivity contribution in [3.63, 3.8) is 0 Å². The van der Waals surface area contributed by atoms with Crippen molar-refractivity contribution in [2.75, 3.05) is 31.6 Å². The number of carbonyl (C=O) groups is 1. The van der Waals surface area contributed by atoms with Crippen LogP contribution in [0.2, 0.25) is 0 Å². The summed E-state index contributed by atoms with van der Waals surface area (Å²) in [6.45, 7) is 3.09. The number of hydrogen-bond donors (Lipinski definition) is 1. The number of amides is 1. The summed E-state index contributed by atoms with van der Waals surface area (Å²) in [5.41, 5.74) is 2.04. The molecule has 6 heteroatoms. The summed E-state index contributed by atoms with van der Waals surface area (Å²) >= 11 is 0. The van der Waals surface area contributed by atoms with Crippen molar-refractivity contribution in [2.45, 2.75) is 25.7 Å². The quantitative estimate of drug-likeness (QED) is 0.861. The van der Waals surface area contributed by atoms with Crippen LogP contribution in [0.1, 0.15) is 31.2 Å². The molecule has 0 unspecified atom stereocenters. The maximum Gasteiger partial charge on any atom is 0.276 e. The molecule has 0 aromatic heterocycles. The van der Waals surface area contributed by atoms with Gasteiger partial charge in [0, 0.05) is 31.1 Å². The van der Waals surface area contributed by atoms with Gasteiger partial charge in [0.05, 0.1) is 18.9 Å². The first kappa shape index (κ1) is 13.4. The fourth-order valence-electron chi connectivity index (χ4n) is 3.03. The van der Waals surface area contributed by atoms with Gasteiger partial charge < -0.3 is 14.8 Å². The first-order valence-corrected chi connectivity index (χ1v) is 7.90. The highest BCUT2D eigenvalue weighted by atomic mass is 16.5. The number of rotatable bonds is 1. The van der Waals surface area contributed by atoms with Gasteiger partial charge in [0.1, 0.15) is 0 Å². The Morgan fingerprint density at radius 3 is 2.50 bits per heavy atom. The van der Waals surface area contributed by atoms with E-state index in [0.717, 1.165) is 43.6 Å². The lowest BCUT2D eigenvalue weighted by Crippen LogP contribution is -2.28. The molecule has 1 N–H and O–H groups in total. The largest absolute Gasteiger partial charge is 0.490 e. The Balaban J connectivity index is 1.70. The zero-order valence-electron chi connectivity index (χ0n) is 12.4. The van der Waals surface area contributed by atoms with Gasteiger partial charge in [0.15, 0.2) is 17.2 Å². The van der Waals surface area contributed by atoms with Gasteiger partial charge in [0.2, 0.25) is 0 Å². The molecule has 4 rings (SSSR count). The molecule has 6 nitrogen and oxygen atoms in total. The maximum absolute atomic E-state index is 12.2. The van der Waals surface area contributed by atoms with E-state index in [0.29, 0.717) is 30.4 Å². The molecular formula is C16H19N3O3. The Bertz CT molecular complexity index is 636. The second-order valence-electron chi connectivity index (χ2n) is 5.81. The number of nitrogens with one attached hydrogen (secondary N) is 1. The fraction of sp³-hybridized carbons (Fsp3) is 0.500. The number of benzene rings is 1. The predicted octanol–water partition coefficient (Wildman–Crippen LogP) is 1.99. The van der Waals surface area contributed by atoms with Crippen molar-refractivity contribution < 1.29 is 14.3 Å². The van der Waals surface area contributed by atoms with Gasteiger partial charge in [-0.3, -0.25) is 9.80 Å². The standard InChI is InChI=1S/C16H19N3O3/c20-16-15(18-19-5-2-1-3-6-19)11-9-13-14(10-12(11)17-16)22-8-4-7-21-13/h9-10H,1-8H2,(H,17,18,20). The first-order chi connectivity index (χ1) is 10.8. The van der Waals surface area contributed by atoms with Crippen LogP contribution in [0.4, 0.5) is 5.69 Å². The number of carbonyl (C=O) groups excluding carboxylic acids is 1. The van der Waals surface area contributed by atoms with Gasteiger partial charge >= 0.3 is 0 Å². The van der Waals surface area contributed by atoms with Crippen LogP contribution in [0.5, 0.6) is 11.5 Å². The molecule has 3 heterocycles. The van der Waals surface area contributed by atoms with Crippen molar-refractivity contribution >= 4 is 17.3 Å². The number of piperidine rings is 1. The lowest BCUT2D eigenvalue weighted by Gasteiger charge is -2.23. The van der Waals surface area contributed by atoms with Gasteiger partial charge in [0.25, 0.3) is 5.91 Å². The Morgan fingerprint density at radius 2 is 1.73 bits per heavy atom.